The van der Waals surface area contributed by atoms with Gasteiger partial charge in [-0.3, -0.25) is 0 Å². The number of nitrogens with one attached hydrogen (secondary N) is 1. The van der Waals surface area contributed by atoms with Crippen molar-refractivity contribution < 1.29 is 0 Å². The summed E-state index contributed by atoms with van der Waals surface area (Å²) in [6.07, 6.45) is 1.12. The fourth-order valence-corrected chi connectivity index (χ4v) is 0.489. The summed E-state index contributed by atoms with van der Waals surface area (Å²) in [7, 11) is 1.93. The van der Waals surface area contributed by atoms with Crippen molar-refractivity contribution >= 4 is 24.8 Å². The molecule has 0 aliphatic carbocycles. The van der Waals surface area contributed by atoms with Gasteiger partial charge in [0.15, 0.2) is 0 Å². The van der Waals surface area contributed by atoms with Gasteiger partial charge in [-0.25, -0.2) is 0 Å². The van der Waals surface area contributed by atoms with Gasteiger partial charge in [0.25, 0.3) is 0 Å². The number of nitrogens with two attached hydrogens (primary N) is 1. The third kappa shape index (κ3) is 8.50. The summed E-state index contributed by atoms with van der Waals surface area (Å²) in [6.45, 7) is 2.86. The third-order valence-electron chi connectivity index (χ3n) is 1.19. The van der Waals surface area contributed by atoms with E-state index in [0.29, 0.717) is 6.04 Å². The minimum atomic E-state index is 0. The second-order valence-corrected chi connectivity index (χ2v) is 1.63. The normalized spacial score (nSPS) is 11.0. The largest absolute Gasteiger partial charge is 0.329 e. The first-order chi connectivity index (χ1) is 3.35. The van der Waals surface area contributed by atoms with Crippen molar-refractivity contribution in [1.29, 1.82) is 0 Å². The Kier molecular flexibility index (Phi) is 20.4. The maximum atomic E-state index is 5.33. The minimum Gasteiger partial charge on any atom is -0.329 e. The van der Waals surface area contributed by atoms with Gasteiger partial charge in [0.2, 0.25) is 0 Å². The summed E-state index contributed by atoms with van der Waals surface area (Å²) < 4.78 is 0. The number of hydrogen-bond donors (Lipinski definition) is 2. The highest BCUT2D eigenvalue weighted by Gasteiger charge is 1.94. The molecule has 2 nitrogen and oxygen atoms in total. The van der Waals surface area contributed by atoms with Crippen LogP contribution >= 0.6 is 24.8 Å². The molecule has 0 aromatic rings. The Morgan fingerprint density at radius 1 is 1.44 bits per heavy atom. The summed E-state index contributed by atoms with van der Waals surface area (Å²) >= 11 is 0. The fraction of sp³-hybridized carbons (Fsp3) is 1.00. The van der Waals surface area contributed by atoms with Crippen molar-refractivity contribution in [2.75, 3.05) is 13.6 Å². The Hall–Kier alpha value is 0.500. The molecule has 1 unspecified atom stereocenters. The van der Waals surface area contributed by atoms with Crippen LogP contribution in [0.2, 0.25) is 0 Å². The molecule has 0 aromatic heterocycles. The Bertz CT molecular complexity index is 34.4. The summed E-state index contributed by atoms with van der Waals surface area (Å²) in [5.74, 6) is 0. The van der Waals surface area contributed by atoms with Gasteiger partial charge in [0.1, 0.15) is 0 Å². The maximum Gasteiger partial charge on any atom is 0.0184 e. The van der Waals surface area contributed by atoms with E-state index in [1.54, 1.807) is 0 Å². The molecule has 0 radical (unpaired) electrons. The average Bonchev–Trinajstić information content (AvgIpc) is 1.72. The summed E-state index contributed by atoms with van der Waals surface area (Å²) in [5, 5.41) is 3.08. The molecule has 0 aliphatic heterocycles. The minimum absolute atomic E-state index is 0. The van der Waals surface area contributed by atoms with E-state index in [0.717, 1.165) is 13.0 Å². The second kappa shape index (κ2) is 11.3. The smallest absolute Gasteiger partial charge is 0.0184 e. The van der Waals surface area contributed by atoms with Crippen LogP contribution in [0.1, 0.15) is 13.3 Å². The highest BCUT2D eigenvalue weighted by atomic mass is 35.5. The Morgan fingerprint density at radius 3 is 1.89 bits per heavy atom. The molecular weight excluding hydrogens is 159 g/mol. The summed E-state index contributed by atoms with van der Waals surface area (Å²) in [4.78, 5) is 0. The van der Waals surface area contributed by atoms with Crippen LogP contribution in [0.15, 0.2) is 0 Å². The molecule has 4 heteroatoms. The predicted molar refractivity (Wildman–Crippen MR) is 46.7 cm³/mol. The highest BCUT2D eigenvalue weighted by molar-refractivity contribution is 5.85. The van der Waals surface area contributed by atoms with E-state index in [1.807, 2.05) is 7.05 Å². The molecule has 1 atom stereocenters. The molecule has 0 rings (SSSR count). The quantitative estimate of drug-likeness (QED) is 0.665. The van der Waals surface area contributed by atoms with E-state index in [9.17, 15) is 0 Å². The van der Waals surface area contributed by atoms with Gasteiger partial charge in [-0.2, -0.15) is 0 Å². The highest BCUT2D eigenvalue weighted by Crippen LogP contribution is 1.82. The number of hydrogen-bond acceptors (Lipinski definition) is 2. The monoisotopic (exact) mass is 174 g/mol. The van der Waals surface area contributed by atoms with Crippen molar-refractivity contribution in [2.45, 2.75) is 19.4 Å². The topological polar surface area (TPSA) is 38.0 Å². The molecule has 0 amide bonds. The van der Waals surface area contributed by atoms with Crippen LogP contribution in [-0.4, -0.2) is 19.6 Å². The van der Waals surface area contributed by atoms with E-state index < -0.39 is 0 Å². The van der Waals surface area contributed by atoms with Gasteiger partial charge < -0.3 is 11.1 Å². The summed E-state index contributed by atoms with van der Waals surface area (Å²) in [5.41, 5.74) is 5.33. The number of rotatable bonds is 3. The van der Waals surface area contributed by atoms with Gasteiger partial charge in [-0.1, -0.05) is 6.92 Å². The van der Waals surface area contributed by atoms with Gasteiger partial charge >= 0.3 is 0 Å². The standard InChI is InChI=1S/C5H14N2.2ClH/c1-3-5(4-6)7-2;;/h5,7H,3-4,6H2,1-2H3;2*1H. The maximum absolute atomic E-state index is 5.33. The number of likely N-dealkylation sites (N-methyl/N-ethyl adjacent to an activating group) is 1. The molecular formula is C5H16Cl2N2. The van der Waals surface area contributed by atoms with E-state index in [4.69, 9.17) is 5.73 Å². The van der Waals surface area contributed by atoms with Crippen LogP contribution in [-0.2, 0) is 0 Å². The van der Waals surface area contributed by atoms with Crippen molar-refractivity contribution in [3.05, 3.63) is 0 Å². The van der Waals surface area contributed by atoms with Crippen LogP contribution in [0.4, 0.5) is 0 Å². The molecule has 0 spiro atoms. The molecule has 0 saturated carbocycles. The van der Waals surface area contributed by atoms with Crippen molar-refractivity contribution in [2.24, 2.45) is 5.73 Å². The van der Waals surface area contributed by atoms with E-state index in [-0.39, 0.29) is 24.8 Å². The van der Waals surface area contributed by atoms with Crippen LogP contribution in [0.3, 0.4) is 0 Å². The first-order valence-electron chi connectivity index (χ1n) is 2.72. The van der Waals surface area contributed by atoms with Crippen LogP contribution in [0.25, 0.3) is 0 Å². The third-order valence-corrected chi connectivity index (χ3v) is 1.19. The lowest BCUT2D eigenvalue weighted by atomic mass is 10.2. The average molecular weight is 175 g/mol. The number of halogens is 2. The molecule has 0 fully saturated rings. The molecule has 60 valence electrons. The van der Waals surface area contributed by atoms with Crippen LogP contribution < -0.4 is 11.1 Å². The van der Waals surface area contributed by atoms with Crippen LogP contribution in [0.5, 0.6) is 0 Å². The van der Waals surface area contributed by atoms with Crippen molar-refractivity contribution in [3.8, 4) is 0 Å². The summed E-state index contributed by atoms with van der Waals surface area (Å²) in [6, 6.07) is 0.514. The zero-order valence-electron chi connectivity index (χ0n) is 5.89. The molecule has 0 aliphatic rings. The Labute approximate surface area is 69.4 Å². The van der Waals surface area contributed by atoms with Gasteiger partial charge in [0, 0.05) is 12.6 Å². The van der Waals surface area contributed by atoms with Gasteiger partial charge in [0.05, 0.1) is 0 Å². The molecule has 0 bridgehead atoms. The Balaban J connectivity index is -0.000000180. The lowest BCUT2D eigenvalue weighted by Crippen LogP contribution is -2.32. The zero-order chi connectivity index (χ0) is 5.70. The molecule has 0 aromatic carbocycles. The fourth-order valence-electron chi connectivity index (χ4n) is 0.489. The second-order valence-electron chi connectivity index (χ2n) is 1.63. The SMILES string of the molecule is CCC(CN)NC.Cl.Cl. The Morgan fingerprint density at radius 2 is 1.89 bits per heavy atom. The van der Waals surface area contributed by atoms with E-state index >= 15 is 0 Å². The van der Waals surface area contributed by atoms with Crippen LogP contribution in [0, 0.1) is 0 Å². The van der Waals surface area contributed by atoms with Gasteiger partial charge in [-0.05, 0) is 13.5 Å². The van der Waals surface area contributed by atoms with E-state index in [1.165, 1.54) is 0 Å². The first kappa shape index (κ1) is 16.2. The van der Waals surface area contributed by atoms with E-state index in [2.05, 4.69) is 12.2 Å². The molecule has 3 N–H and O–H groups in total. The van der Waals surface area contributed by atoms with Crippen molar-refractivity contribution in [1.82, 2.24) is 5.32 Å². The van der Waals surface area contributed by atoms with Gasteiger partial charge in [-0.15, -0.1) is 24.8 Å². The molecule has 9 heavy (non-hydrogen) atoms. The lowest BCUT2D eigenvalue weighted by molar-refractivity contribution is 0.556. The molecule has 0 heterocycles. The molecule has 0 saturated heterocycles. The zero-order valence-corrected chi connectivity index (χ0v) is 7.52. The van der Waals surface area contributed by atoms with Crippen molar-refractivity contribution in [3.63, 3.8) is 0 Å². The predicted octanol–water partition coefficient (Wildman–Crippen LogP) is 0.787. The first-order valence-corrected chi connectivity index (χ1v) is 2.72. The lowest BCUT2D eigenvalue weighted by Gasteiger charge is -2.08.